The van der Waals surface area contributed by atoms with Crippen LogP contribution in [0.25, 0.3) is 10.9 Å². The average Bonchev–Trinajstić information content (AvgIpc) is 3.36. The van der Waals surface area contributed by atoms with Crippen molar-refractivity contribution in [2.24, 2.45) is 11.8 Å². The molecule has 5 rings (SSSR count). The van der Waals surface area contributed by atoms with Crippen LogP contribution in [0, 0.1) is 11.8 Å². The zero-order chi connectivity index (χ0) is 27.7. The van der Waals surface area contributed by atoms with E-state index >= 15 is 0 Å². The van der Waals surface area contributed by atoms with Crippen molar-refractivity contribution in [1.82, 2.24) is 9.88 Å². The Morgan fingerprint density at radius 1 is 0.850 bits per heavy atom. The van der Waals surface area contributed by atoms with Gasteiger partial charge >= 0.3 is 12.1 Å². The van der Waals surface area contributed by atoms with Gasteiger partial charge in [0, 0.05) is 42.2 Å². The summed E-state index contributed by atoms with van der Waals surface area (Å²) in [5.74, 6) is -0.130. The van der Waals surface area contributed by atoms with Crippen molar-refractivity contribution in [3.63, 3.8) is 0 Å². The Balaban J connectivity index is 1.26. The molecule has 7 nitrogen and oxygen atoms in total. The Kier molecular flexibility index (Phi) is 9.14. The van der Waals surface area contributed by atoms with Gasteiger partial charge in [-0.25, -0.2) is 9.59 Å². The second kappa shape index (κ2) is 13.3. The first-order chi connectivity index (χ1) is 19.6. The lowest BCUT2D eigenvalue weighted by Gasteiger charge is -2.37. The quantitative estimate of drug-likeness (QED) is 0.249. The number of ether oxygens (including phenoxy) is 2. The van der Waals surface area contributed by atoms with E-state index in [0.717, 1.165) is 47.0 Å². The summed E-state index contributed by atoms with van der Waals surface area (Å²) in [7, 11) is 0. The summed E-state index contributed by atoms with van der Waals surface area (Å²) >= 11 is 0. The minimum absolute atomic E-state index is 0.00955. The number of carbonyl (C=O) groups excluding carboxylic acids is 2. The number of nitrogens with zero attached hydrogens (tertiary/aromatic N) is 1. The average molecular weight is 541 g/mol. The van der Waals surface area contributed by atoms with Crippen molar-refractivity contribution in [3.05, 3.63) is 107 Å². The third kappa shape index (κ3) is 6.90. The molecule has 1 fully saturated rings. The van der Waals surface area contributed by atoms with Gasteiger partial charge in [-0.05, 0) is 60.9 Å². The number of aromatic nitrogens is 1. The third-order valence-electron chi connectivity index (χ3n) is 7.61. The number of aliphatic hydroxyl groups is 1. The van der Waals surface area contributed by atoms with Crippen LogP contribution in [-0.2, 0) is 28.9 Å². The number of hydrogen-bond acceptors (Lipinski definition) is 5. The maximum atomic E-state index is 13.1. The third-order valence-corrected chi connectivity index (χ3v) is 7.61. The number of fused-ring (bicyclic) bond motifs is 1. The van der Waals surface area contributed by atoms with Crippen molar-refractivity contribution in [3.8, 4) is 0 Å². The Morgan fingerprint density at radius 2 is 1.55 bits per heavy atom. The molecule has 0 radical (unpaired) electrons. The molecule has 1 aromatic heterocycles. The summed E-state index contributed by atoms with van der Waals surface area (Å²) in [6.45, 7) is 1.62. The molecule has 1 aliphatic rings. The predicted molar refractivity (Wildman–Crippen MR) is 154 cm³/mol. The molecule has 0 aliphatic carbocycles. The molecule has 1 amide bonds. The second-order valence-electron chi connectivity index (χ2n) is 10.5. The van der Waals surface area contributed by atoms with Gasteiger partial charge in [-0.2, -0.15) is 0 Å². The number of aliphatic hydroxyl groups excluding tert-OH is 1. The topological polar surface area (TPSA) is 91.9 Å². The van der Waals surface area contributed by atoms with Crippen LogP contribution in [0.4, 0.5) is 4.79 Å². The molecule has 3 aromatic carbocycles. The number of hydrogen-bond donors (Lipinski definition) is 2. The maximum absolute atomic E-state index is 13.1. The highest BCUT2D eigenvalue weighted by Gasteiger charge is 2.32. The number of esters is 1. The fourth-order valence-electron chi connectivity index (χ4n) is 5.67. The van der Waals surface area contributed by atoms with Crippen molar-refractivity contribution in [2.45, 2.75) is 32.3 Å². The van der Waals surface area contributed by atoms with Crippen LogP contribution in [-0.4, -0.2) is 53.4 Å². The van der Waals surface area contributed by atoms with Gasteiger partial charge in [0.2, 0.25) is 0 Å². The first kappa shape index (κ1) is 27.5. The number of H-pyrrole nitrogens is 1. The molecule has 4 aromatic rings. The van der Waals surface area contributed by atoms with E-state index in [4.69, 9.17) is 9.47 Å². The van der Waals surface area contributed by atoms with E-state index in [1.54, 1.807) is 17.0 Å². The molecule has 2 heterocycles. The Morgan fingerprint density at radius 3 is 2.33 bits per heavy atom. The van der Waals surface area contributed by atoms with Gasteiger partial charge in [0.25, 0.3) is 0 Å². The van der Waals surface area contributed by atoms with E-state index in [1.165, 1.54) is 0 Å². The lowest BCUT2D eigenvalue weighted by atomic mass is 9.86. The maximum Gasteiger partial charge on any atom is 0.410 e. The lowest BCUT2D eigenvalue weighted by molar-refractivity contribution is 0.0242. The number of nitrogens with one attached hydrogen (secondary N) is 1. The molecule has 40 heavy (non-hydrogen) atoms. The lowest BCUT2D eigenvalue weighted by Crippen LogP contribution is -2.45. The summed E-state index contributed by atoms with van der Waals surface area (Å²) in [5.41, 5.74) is 4.81. The van der Waals surface area contributed by atoms with Crippen molar-refractivity contribution in [2.75, 3.05) is 26.3 Å². The van der Waals surface area contributed by atoms with E-state index in [9.17, 15) is 14.7 Å². The van der Waals surface area contributed by atoms with Gasteiger partial charge in [0.1, 0.15) is 6.61 Å². The van der Waals surface area contributed by atoms with Crippen LogP contribution < -0.4 is 0 Å². The van der Waals surface area contributed by atoms with Crippen LogP contribution in [0.5, 0.6) is 0 Å². The fraction of sp³-hybridized carbons (Fsp3) is 0.333. The summed E-state index contributed by atoms with van der Waals surface area (Å²) in [4.78, 5) is 31.0. The molecule has 2 atom stereocenters. The number of benzene rings is 3. The molecule has 0 unspecified atom stereocenters. The van der Waals surface area contributed by atoms with Gasteiger partial charge < -0.3 is 24.5 Å². The number of likely N-dealkylation sites (tertiary alicyclic amines) is 1. The summed E-state index contributed by atoms with van der Waals surface area (Å²) in [5, 5.41) is 10.8. The summed E-state index contributed by atoms with van der Waals surface area (Å²) in [6.07, 6.45) is 2.76. The van der Waals surface area contributed by atoms with Crippen molar-refractivity contribution >= 4 is 23.0 Å². The van der Waals surface area contributed by atoms with Crippen molar-refractivity contribution < 1.29 is 24.2 Å². The normalized spacial score (nSPS) is 17.1. The fourth-order valence-corrected chi connectivity index (χ4v) is 5.67. The molecule has 0 bridgehead atoms. The molecule has 0 saturated carbocycles. The van der Waals surface area contributed by atoms with Gasteiger partial charge in [0.05, 0.1) is 12.2 Å². The number of carbonyl (C=O) groups is 2. The zero-order valence-corrected chi connectivity index (χ0v) is 22.6. The Labute approximate surface area is 234 Å². The molecule has 0 spiro atoms. The Bertz CT molecular complexity index is 1400. The number of amides is 1. The van der Waals surface area contributed by atoms with Crippen LogP contribution in [0.2, 0.25) is 0 Å². The van der Waals surface area contributed by atoms with Crippen LogP contribution in [0.1, 0.15) is 40.0 Å². The van der Waals surface area contributed by atoms with Crippen LogP contribution in [0.3, 0.4) is 0 Å². The van der Waals surface area contributed by atoms with Crippen LogP contribution in [0.15, 0.2) is 84.9 Å². The molecule has 1 saturated heterocycles. The number of piperidine rings is 1. The van der Waals surface area contributed by atoms with Gasteiger partial charge in [-0.15, -0.1) is 0 Å². The summed E-state index contributed by atoms with van der Waals surface area (Å²) in [6, 6.07) is 26.8. The van der Waals surface area contributed by atoms with Gasteiger partial charge in [-0.3, -0.25) is 0 Å². The highest BCUT2D eigenvalue weighted by molar-refractivity contribution is 5.89. The van der Waals surface area contributed by atoms with Gasteiger partial charge in [-0.1, -0.05) is 66.7 Å². The minimum atomic E-state index is -0.354. The molecular weight excluding hydrogens is 504 g/mol. The largest absolute Gasteiger partial charge is 0.462 e. The highest BCUT2D eigenvalue weighted by Crippen LogP contribution is 2.30. The summed E-state index contributed by atoms with van der Waals surface area (Å²) < 4.78 is 11.3. The standard InChI is InChI=1S/C33H36N2O5/c36-18-17-29-28-13-7-8-14-30(28)34-31(29)16-15-25-19-26(23-39-32(37)27-11-5-2-6-12-27)21-35(20-25)33(38)40-22-24-9-3-1-4-10-24/h1-14,25-26,34,36H,15-23H2/t25-,26+/m0/s1. The minimum Gasteiger partial charge on any atom is -0.462 e. The molecule has 7 heteroatoms. The Hall–Kier alpha value is -4.10. The predicted octanol–water partition coefficient (Wildman–Crippen LogP) is 5.77. The highest BCUT2D eigenvalue weighted by atomic mass is 16.6. The number of para-hydroxylation sites is 1. The second-order valence-corrected chi connectivity index (χ2v) is 10.5. The molecule has 208 valence electrons. The molecular formula is C33H36N2O5. The van der Waals surface area contributed by atoms with E-state index < -0.39 is 0 Å². The first-order valence-corrected chi connectivity index (χ1v) is 14.0. The van der Waals surface area contributed by atoms with E-state index in [-0.39, 0.29) is 43.7 Å². The SMILES string of the molecule is O=C(OC[C@@H]1C[C@H](CCc2[nH]c3ccccc3c2CCO)CN(C(=O)OCc2ccccc2)C1)c1ccccc1. The van der Waals surface area contributed by atoms with Crippen LogP contribution >= 0.6 is 0 Å². The van der Waals surface area contributed by atoms with E-state index in [2.05, 4.69) is 17.1 Å². The van der Waals surface area contributed by atoms with Crippen molar-refractivity contribution in [1.29, 1.82) is 0 Å². The van der Waals surface area contributed by atoms with E-state index in [1.807, 2.05) is 60.7 Å². The number of aromatic amines is 1. The van der Waals surface area contributed by atoms with E-state index in [0.29, 0.717) is 25.1 Å². The molecule has 1 aliphatic heterocycles. The number of aryl methyl sites for hydroxylation is 1. The number of rotatable bonds is 10. The first-order valence-electron chi connectivity index (χ1n) is 14.0. The van der Waals surface area contributed by atoms with Gasteiger partial charge in [0.15, 0.2) is 0 Å². The monoisotopic (exact) mass is 540 g/mol. The zero-order valence-electron chi connectivity index (χ0n) is 22.6. The smallest absolute Gasteiger partial charge is 0.410 e. The molecule has 2 N–H and O–H groups in total.